The second kappa shape index (κ2) is 5.76. The summed E-state index contributed by atoms with van der Waals surface area (Å²) < 4.78 is 4.83. The first-order valence-electron chi connectivity index (χ1n) is 10.7. The van der Waals surface area contributed by atoms with E-state index >= 15 is 0 Å². The minimum atomic E-state index is 0.265. The Bertz CT molecular complexity index is 1100. The van der Waals surface area contributed by atoms with Gasteiger partial charge >= 0.3 is 6.98 Å². The van der Waals surface area contributed by atoms with Gasteiger partial charge < -0.3 is 4.81 Å². The number of hydrogen-bond donors (Lipinski definition) is 0. The lowest BCUT2D eigenvalue weighted by atomic mass is 9.52. The van der Waals surface area contributed by atoms with Crippen LogP contribution in [0, 0.1) is 13.8 Å². The molecular formula is C24H27BN3+. The van der Waals surface area contributed by atoms with Crippen molar-refractivity contribution in [2.75, 3.05) is 4.81 Å². The van der Waals surface area contributed by atoms with E-state index in [-0.39, 0.29) is 6.98 Å². The number of rotatable bonds is 0. The zero-order valence-corrected chi connectivity index (χ0v) is 17.0. The molecule has 0 saturated heterocycles. The molecule has 1 fully saturated rings. The van der Waals surface area contributed by atoms with E-state index in [0.29, 0.717) is 12.0 Å². The van der Waals surface area contributed by atoms with E-state index in [0.717, 1.165) is 0 Å². The average molecular weight is 368 g/mol. The van der Waals surface area contributed by atoms with Gasteiger partial charge in [-0.15, -0.1) is 0 Å². The van der Waals surface area contributed by atoms with Gasteiger partial charge in [-0.25, -0.2) is 4.57 Å². The molecule has 4 heteroatoms. The Labute approximate surface area is 167 Å². The van der Waals surface area contributed by atoms with Gasteiger partial charge in [-0.05, 0) is 49.4 Å². The van der Waals surface area contributed by atoms with E-state index in [1.807, 2.05) is 0 Å². The SMILES string of the molecule is Cc1cccc2c1B1N(c3cccc(C)c3-c3n1cc[n+]3C)C1CCCCC21. The minimum Gasteiger partial charge on any atom is -0.366 e. The van der Waals surface area contributed by atoms with Crippen molar-refractivity contribution in [3.05, 3.63) is 65.5 Å². The van der Waals surface area contributed by atoms with E-state index in [1.54, 1.807) is 5.56 Å². The largest absolute Gasteiger partial charge is 0.538 e. The normalized spacial score (nSPS) is 22.1. The fourth-order valence-corrected chi connectivity index (χ4v) is 6.25. The van der Waals surface area contributed by atoms with Crippen LogP contribution in [0.15, 0.2) is 48.8 Å². The summed E-state index contributed by atoms with van der Waals surface area (Å²) in [6.07, 6.45) is 9.83. The molecule has 2 unspecified atom stereocenters. The number of imidazole rings is 1. The summed E-state index contributed by atoms with van der Waals surface area (Å²) in [5.41, 5.74) is 8.77. The first kappa shape index (κ1) is 16.5. The molecule has 1 saturated carbocycles. The molecule has 0 spiro atoms. The summed E-state index contributed by atoms with van der Waals surface area (Å²) in [7, 11) is 2.18. The summed E-state index contributed by atoms with van der Waals surface area (Å²) in [5.74, 6) is 1.98. The number of hydrogen-bond acceptors (Lipinski definition) is 1. The summed E-state index contributed by atoms with van der Waals surface area (Å²) in [6, 6.07) is 14.4. The number of benzene rings is 2. The van der Waals surface area contributed by atoms with Crippen molar-refractivity contribution >= 4 is 18.1 Å². The Kier molecular flexibility index (Phi) is 3.39. The molecule has 0 amide bonds. The molecule has 2 aliphatic heterocycles. The van der Waals surface area contributed by atoms with Gasteiger partial charge in [0.25, 0.3) is 5.82 Å². The third-order valence-corrected chi connectivity index (χ3v) is 7.41. The third-order valence-electron chi connectivity index (χ3n) is 7.41. The topological polar surface area (TPSA) is 12.1 Å². The first-order valence-corrected chi connectivity index (χ1v) is 10.7. The lowest BCUT2D eigenvalue weighted by Crippen LogP contribution is -2.67. The number of fused-ring (bicyclic) bond motifs is 11. The molecule has 1 aromatic heterocycles. The van der Waals surface area contributed by atoms with Crippen LogP contribution in [0.3, 0.4) is 0 Å². The number of anilines is 1. The second-order valence-electron chi connectivity index (χ2n) is 8.93. The maximum Gasteiger partial charge on any atom is 0.538 e. The highest BCUT2D eigenvalue weighted by Crippen LogP contribution is 2.47. The standard InChI is InChI=1S/C24H27BN3/c1-16-8-7-13-21-22(16)24-26(3)14-15-27(24)25-23-17(2)9-6-11-19(23)18-10-4-5-12-20(18)28(21)25/h6-9,11,13-15,18,20H,4-5,10,12H2,1-3H3/q+1. The van der Waals surface area contributed by atoms with Crippen LogP contribution in [0.1, 0.15) is 48.3 Å². The second-order valence-corrected chi connectivity index (χ2v) is 8.93. The Hall–Kier alpha value is -2.49. The van der Waals surface area contributed by atoms with Gasteiger partial charge in [-0.3, -0.25) is 4.48 Å². The quantitative estimate of drug-likeness (QED) is 0.435. The molecule has 0 radical (unpaired) electrons. The van der Waals surface area contributed by atoms with E-state index in [2.05, 4.69) is 83.5 Å². The van der Waals surface area contributed by atoms with E-state index in [1.165, 1.54) is 59.3 Å². The molecule has 3 heterocycles. The van der Waals surface area contributed by atoms with Crippen LogP contribution in [0.5, 0.6) is 0 Å². The smallest absolute Gasteiger partial charge is 0.366 e. The highest BCUT2D eigenvalue weighted by atomic mass is 15.3. The molecule has 140 valence electrons. The van der Waals surface area contributed by atoms with Crippen LogP contribution in [-0.4, -0.2) is 17.5 Å². The summed E-state index contributed by atoms with van der Waals surface area (Å²) >= 11 is 0. The van der Waals surface area contributed by atoms with Crippen LogP contribution >= 0.6 is 0 Å². The molecule has 2 atom stereocenters. The molecule has 1 aliphatic carbocycles. The summed E-state index contributed by atoms with van der Waals surface area (Å²) in [4.78, 5) is 2.79. The Morgan fingerprint density at radius 1 is 1.00 bits per heavy atom. The van der Waals surface area contributed by atoms with Crippen molar-refractivity contribution in [3.63, 3.8) is 0 Å². The first-order chi connectivity index (χ1) is 13.7. The zero-order valence-electron chi connectivity index (χ0n) is 17.0. The van der Waals surface area contributed by atoms with Gasteiger partial charge in [0, 0.05) is 23.1 Å². The fraction of sp³-hybridized carbons (Fsp3) is 0.375. The number of nitrogens with zero attached hydrogens (tertiary/aromatic N) is 3. The molecule has 6 rings (SSSR count). The fourth-order valence-electron chi connectivity index (χ4n) is 6.25. The molecular weight excluding hydrogens is 341 g/mol. The maximum absolute atomic E-state index is 2.79. The van der Waals surface area contributed by atoms with Crippen LogP contribution in [0.25, 0.3) is 11.4 Å². The molecule has 3 aromatic rings. The van der Waals surface area contributed by atoms with Crippen LogP contribution in [-0.2, 0) is 7.05 Å². The monoisotopic (exact) mass is 368 g/mol. The van der Waals surface area contributed by atoms with E-state index < -0.39 is 0 Å². The van der Waals surface area contributed by atoms with Gasteiger partial charge in [0.05, 0.1) is 12.6 Å². The van der Waals surface area contributed by atoms with E-state index in [4.69, 9.17) is 0 Å². The highest BCUT2D eigenvalue weighted by Gasteiger charge is 2.54. The van der Waals surface area contributed by atoms with Crippen LogP contribution in [0.4, 0.5) is 5.69 Å². The molecule has 0 N–H and O–H groups in total. The lowest BCUT2D eigenvalue weighted by Gasteiger charge is -2.50. The predicted molar refractivity (Wildman–Crippen MR) is 115 cm³/mol. The van der Waals surface area contributed by atoms with Gasteiger partial charge in [0.15, 0.2) is 0 Å². The molecule has 3 nitrogen and oxygen atoms in total. The van der Waals surface area contributed by atoms with Crippen molar-refractivity contribution in [1.82, 2.24) is 4.48 Å². The summed E-state index contributed by atoms with van der Waals surface area (Å²) in [6.45, 7) is 4.83. The Morgan fingerprint density at radius 3 is 2.68 bits per heavy atom. The van der Waals surface area contributed by atoms with E-state index in [9.17, 15) is 0 Å². The molecule has 28 heavy (non-hydrogen) atoms. The van der Waals surface area contributed by atoms with Gasteiger partial charge in [0.1, 0.15) is 12.4 Å². The van der Waals surface area contributed by atoms with Gasteiger partial charge in [-0.2, -0.15) is 0 Å². The Morgan fingerprint density at radius 2 is 1.79 bits per heavy atom. The minimum absolute atomic E-state index is 0.265. The van der Waals surface area contributed by atoms with Crippen molar-refractivity contribution in [1.29, 1.82) is 0 Å². The maximum atomic E-state index is 2.79. The van der Waals surface area contributed by atoms with Crippen molar-refractivity contribution in [3.8, 4) is 11.4 Å². The Balaban J connectivity index is 1.72. The highest BCUT2D eigenvalue weighted by molar-refractivity contribution is 6.77. The average Bonchev–Trinajstić information content (AvgIpc) is 3.09. The predicted octanol–water partition coefficient (Wildman–Crippen LogP) is 3.70. The molecule has 3 aliphatic rings. The van der Waals surface area contributed by atoms with Crippen molar-refractivity contribution in [2.45, 2.75) is 51.5 Å². The van der Waals surface area contributed by atoms with Gasteiger partial charge in [-0.1, -0.05) is 43.2 Å². The molecule has 0 bridgehead atoms. The summed E-state index contributed by atoms with van der Waals surface area (Å²) in [5, 5.41) is 0. The van der Waals surface area contributed by atoms with Gasteiger partial charge in [0.2, 0.25) is 0 Å². The lowest BCUT2D eigenvalue weighted by molar-refractivity contribution is -0.659. The van der Waals surface area contributed by atoms with Crippen LogP contribution in [0.2, 0.25) is 0 Å². The van der Waals surface area contributed by atoms with Crippen LogP contribution < -0.4 is 14.8 Å². The number of aromatic nitrogens is 2. The third kappa shape index (κ3) is 1.98. The van der Waals surface area contributed by atoms with Crippen molar-refractivity contribution in [2.24, 2.45) is 7.05 Å². The zero-order chi connectivity index (χ0) is 19.0. The van der Waals surface area contributed by atoms with Crippen molar-refractivity contribution < 1.29 is 4.57 Å². The number of aryl methyl sites for hydroxylation is 3. The molecule has 2 aromatic carbocycles.